The summed E-state index contributed by atoms with van der Waals surface area (Å²) in [6.07, 6.45) is 2.34. The fraction of sp³-hybridized carbons (Fsp3) is 0.312. The Kier molecular flexibility index (Phi) is 5.18. The number of carbonyl (C=O) groups is 1. The summed E-state index contributed by atoms with van der Waals surface area (Å²) in [5, 5.41) is 4.98. The molecule has 0 spiro atoms. The molecule has 1 N–H and O–H groups in total. The molecule has 4 heteroatoms. The molecule has 1 heterocycles. The van der Waals surface area contributed by atoms with E-state index in [-0.39, 0.29) is 5.91 Å². The summed E-state index contributed by atoms with van der Waals surface area (Å²) in [7, 11) is 1.61. The van der Waals surface area contributed by atoms with Crippen molar-refractivity contribution in [3.05, 3.63) is 46.2 Å². The van der Waals surface area contributed by atoms with Gasteiger partial charge < -0.3 is 10.1 Å². The summed E-state index contributed by atoms with van der Waals surface area (Å²) in [6.45, 7) is 1.99. The topological polar surface area (TPSA) is 38.3 Å². The standard InChI is InChI=1S/C16H19NO2S/c1-12-8-9-15(19-2)14(11-12)17-16(18)7-3-5-13-6-4-10-20-13/h4,6,8-11H,3,5,7H2,1-2H3,(H,17,18). The van der Waals surface area contributed by atoms with Crippen molar-refractivity contribution in [1.82, 2.24) is 0 Å². The highest BCUT2D eigenvalue weighted by atomic mass is 32.1. The molecule has 106 valence electrons. The molecule has 20 heavy (non-hydrogen) atoms. The number of hydrogen-bond donors (Lipinski definition) is 1. The minimum atomic E-state index is 0.0328. The van der Waals surface area contributed by atoms with E-state index in [2.05, 4.69) is 16.8 Å². The first-order valence-electron chi connectivity index (χ1n) is 6.66. The van der Waals surface area contributed by atoms with E-state index < -0.39 is 0 Å². The third kappa shape index (κ3) is 4.10. The number of aryl methyl sites for hydroxylation is 2. The van der Waals surface area contributed by atoms with Crippen LogP contribution in [0, 0.1) is 6.92 Å². The molecule has 0 bridgehead atoms. The van der Waals surface area contributed by atoms with Gasteiger partial charge in [-0.2, -0.15) is 0 Å². The van der Waals surface area contributed by atoms with Gasteiger partial charge in [-0.3, -0.25) is 4.79 Å². The number of thiophene rings is 1. The van der Waals surface area contributed by atoms with Gasteiger partial charge in [0, 0.05) is 11.3 Å². The predicted octanol–water partition coefficient (Wildman–Crippen LogP) is 4.03. The maximum absolute atomic E-state index is 12.0. The first-order valence-corrected chi connectivity index (χ1v) is 7.54. The van der Waals surface area contributed by atoms with Crippen molar-refractivity contribution in [1.29, 1.82) is 0 Å². The van der Waals surface area contributed by atoms with Gasteiger partial charge in [-0.1, -0.05) is 12.1 Å². The van der Waals surface area contributed by atoms with Gasteiger partial charge in [-0.15, -0.1) is 11.3 Å². The van der Waals surface area contributed by atoms with Crippen molar-refractivity contribution in [3.8, 4) is 5.75 Å². The molecule has 0 aliphatic heterocycles. The van der Waals surface area contributed by atoms with Gasteiger partial charge in [0.1, 0.15) is 5.75 Å². The monoisotopic (exact) mass is 289 g/mol. The van der Waals surface area contributed by atoms with Crippen molar-refractivity contribution in [2.75, 3.05) is 12.4 Å². The lowest BCUT2D eigenvalue weighted by Gasteiger charge is -2.10. The lowest BCUT2D eigenvalue weighted by atomic mass is 10.2. The maximum Gasteiger partial charge on any atom is 0.224 e. The van der Waals surface area contributed by atoms with Crippen LogP contribution in [0.1, 0.15) is 23.3 Å². The molecule has 1 aromatic carbocycles. The number of rotatable bonds is 6. The smallest absolute Gasteiger partial charge is 0.224 e. The zero-order valence-corrected chi connectivity index (χ0v) is 12.6. The van der Waals surface area contributed by atoms with Crippen molar-refractivity contribution in [2.45, 2.75) is 26.2 Å². The van der Waals surface area contributed by atoms with E-state index in [9.17, 15) is 4.79 Å². The van der Waals surface area contributed by atoms with Crippen LogP contribution in [0.15, 0.2) is 35.7 Å². The largest absolute Gasteiger partial charge is 0.495 e. The Balaban J connectivity index is 1.86. The SMILES string of the molecule is COc1ccc(C)cc1NC(=O)CCCc1cccs1. The van der Waals surface area contributed by atoms with Crippen LogP contribution in [0.3, 0.4) is 0 Å². The molecule has 0 saturated heterocycles. The van der Waals surface area contributed by atoms with Crippen LogP contribution >= 0.6 is 11.3 Å². The van der Waals surface area contributed by atoms with Gasteiger partial charge in [0.2, 0.25) is 5.91 Å². The van der Waals surface area contributed by atoms with E-state index in [1.54, 1.807) is 18.4 Å². The highest BCUT2D eigenvalue weighted by molar-refractivity contribution is 7.09. The molecule has 1 aromatic heterocycles. The fourth-order valence-electron chi connectivity index (χ4n) is 2.01. The molecule has 0 atom stereocenters. The average molecular weight is 289 g/mol. The van der Waals surface area contributed by atoms with Gasteiger partial charge in [0.25, 0.3) is 0 Å². The molecule has 0 saturated carbocycles. The van der Waals surface area contributed by atoms with Gasteiger partial charge >= 0.3 is 0 Å². The highest BCUT2D eigenvalue weighted by Crippen LogP contribution is 2.25. The normalized spacial score (nSPS) is 10.3. The van der Waals surface area contributed by atoms with E-state index in [0.29, 0.717) is 12.2 Å². The number of benzene rings is 1. The van der Waals surface area contributed by atoms with Gasteiger partial charge in [0.15, 0.2) is 0 Å². The van der Waals surface area contributed by atoms with Crippen LogP contribution in [0.4, 0.5) is 5.69 Å². The Bertz CT molecular complexity index is 564. The number of ether oxygens (including phenoxy) is 1. The quantitative estimate of drug-likeness (QED) is 0.872. The molecular formula is C16H19NO2S. The summed E-state index contributed by atoms with van der Waals surface area (Å²) in [4.78, 5) is 13.3. The molecule has 1 amide bonds. The first kappa shape index (κ1) is 14.6. The van der Waals surface area contributed by atoms with Crippen LogP contribution in [-0.4, -0.2) is 13.0 Å². The second-order valence-electron chi connectivity index (χ2n) is 4.68. The number of amides is 1. The summed E-state index contributed by atoms with van der Waals surface area (Å²) in [6, 6.07) is 9.90. The second-order valence-corrected chi connectivity index (χ2v) is 5.72. The minimum absolute atomic E-state index is 0.0328. The number of nitrogens with one attached hydrogen (secondary N) is 1. The number of hydrogen-bond acceptors (Lipinski definition) is 3. The average Bonchev–Trinajstić information content (AvgIpc) is 2.92. The molecule has 2 rings (SSSR count). The van der Waals surface area contributed by atoms with Crippen LogP contribution in [0.2, 0.25) is 0 Å². The molecule has 0 aliphatic rings. The molecule has 0 radical (unpaired) electrons. The Morgan fingerprint density at radius 3 is 2.90 bits per heavy atom. The lowest BCUT2D eigenvalue weighted by molar-refractivity contribution is -0.116. The van der Waals surface area contributed by atoms with Gasteiger partial charge in [0.05, 0.1) is 12.8 Å². The van der Waals surface area contributed by atoms with Crippen LogP contribution in [-0.2, 0) is 11.2 Å². The summed E-state index contributed by atoms with van der Waals surface area (Å²) in [5.74, 6) is 0.729. The highest BCUT2D eigenvalue weighted by Gasteiger charge is 2.08. The maximum atomic E-state index is 12.0. The van der Waals surface area contributed by atoms with E-state index in [1.165, 1.54) is 4.88 Å². The van der Waals surface area contributed by atoms with E-state index >= 15 is 0 Å². The van der Waals surface area contributed by atoms with Gasteiger partial charge in [-0.05, 0) is 48.9 Å². The van der Waals surface area contributed by atoms with E-state index in [4.69, 9.17) is 4.74 Å². The molecule has 0 fully saturated rings. The Morgan fingerprint density at radius 2 is 2.20 bits per heavy atom. The van der Waals surface area contributed by atoms with Crippen molar-refractivity contribution in [3.63, 3.8) is 0 Å². The molecular weight excluding hydrogens is 270 g/mol. The Morgan fingerprint density at radius 1 is 1.35 bits per heavy atom. The second kappa shape index (κ2) is 7.10. The number of anilines is 1. The van der Waals surface area contributed by atoms with Crippen LogP contribution < -0.4 is 10.1 Å². The van der Waals surface area contributed by atoms with Crippen molar-refractivity contribution in [2.24, 2.45) is 0 Å². The van der Waals surface area contributed by atoms with Gasteiger partial charge in [-0.25, -0.2) is 0 Å². The molecule has 2 aromatic rings. The zero-order chi connectivity index (χ0) is 14.4. The summed E-state index contributed by atoms with van der Waals surface area (Å²) < 4.78 is 5.25. The third-order valence-electron chi connectivity index (χ3n) is 3.04. The zero-order valence-electron chi connectivity index (χ0n) is 11.8. The van der Waals surface area contributed by atoms with Crippen molar-refractivity contribution >= 4 is 22.9 Å². The molecule has 3 nitrogen and oxygen atoms in total. The number of carbonyl (C=O) groups excluding carboxylic acids is 1. The summed E-state index contributed by atoms with van der Waals surface area (Å²) >= 11 is 1.73. The first-order chi connectivity index (χ1) is 9.69. The Hall–Kier alpha value is -1.81. The fourth-order valence-corrected chi connectivity index (χ4v) is 2.76. The van der Waals surface area contributed by atoms with E-state index in [0.717, 1.165) is 24.1 Å². The Labute approximate surface area is 123 Å². The summed E-state index contributed by atoms with van der Waals surface area (Å²) in [5.41, 5.74) is 1.84. The van der Waals surface area contributed by atoms with Crippen LogP contribution in [0.5, 0.6) is 5.75 Å². The van der Waals surface area contributed by atoms with Crippen molar-refractivity contribution < 1.29 is 9.53 Å². The number of methoxy groups -OCH3 is 1. The minimum Gasteiger partial charge on any atom is -0.495 e. The van der Waals surface area contributed by atoms with Crippen LogP contribution in [0.25, 0.3) is 0 Å². The predicted molar refractivity (Wildman–Crippen MR) is 83.6 cm³/mol. The lowest BCUT2D eigenvalue weighted by Crippen LogP contribution is -2.12. The molecule has 0 aliphatic carbocycles. The van der Waals surface area contributed by atoms with E-state index in [1.807, 2.05) is 31.2 Å². The third-order valence-corrected chi connectivity index (χ3v) is 3.97. The molecule has 0 unspecified atom stereocenters.